The first kappa shape index (κ1) is 16.1. The van der Waals surface area contributed by atoms with Crippen LogP contribution in [0.4, 0.5) is 5.69 Å². The van der Waals surface area contributed by atoms with Crippen LogP contribution in [-0.4, -0.2) is 19.1 Å². The third-order valence-corrected chi connectivity index (χ3v) is 5.87. The summed E-state index contributed by atoms with van der Waals surface area (Å²) in [6.07, 6.45) is 0. The molecule has 0 unspecified atom stereocenters. The first-order chi connectivity index (χ1) is 13.2. The molecule has 0 atom stereocenters. The van der Waals surface area contributed by atoms with Gasteiger partial charge in [-0.1, -0.05) is 54.6 Å². The smallest absolute Gasteiger partial charge is 0.340 e. The highest BCUT2D eigenvalue weighted by Gasteiger charge is 2.55. The van der Waals surface area contributed by atoms with Crippen molar-refractivity contribution < 1.29 is 9.53 Å². The number of anilines is 1. The Bertz CT molecular complexity index is 1020. The normalized spacial score (nSPS) is 15.3. The van der Waals surface area contributed by atoms with E-state index in [4.69, 9.17) is 4.74 Å². The summed E-state index contributed by atoms with van der Waals surface area (Å²) in [4.78, 5) is 15.3. The lowest BCUT2D eigenvalue weighted by Gasteiger charge is -2.32. The Morgan fingerprint density at radius 3 is 1.93 bits per heavy atom. The second-order valence-corrected chi connectivity index (χ2v) is 7.03. The molecule has 0 aromatic heterocycles. The SMILES string of the molecule is CCN(CC)c1cccc2c1C1(OC2=O)c2ccccc2-c2ccccc21. The fraction of sp³-hybridized carbons (Fsp3) is 0.208. The molecule has 1 aliphatic heterocycles. The molecule has 27 heavy (non-hydrogen) atoms. The lowest BCUT2D eigenvalue weighted by Crippen LogP contribution is -2.31. The molecule has 1 heterocycles. The number of hydrogen-bond donors (Lipinski definition) is 0. The minimum absolute atomic E-state index is 0.245. The molecule has 0 bridgehead atoms. The van der Waals surface area contributed by atoms with Crippen molar-refractivity contribution in [2.24, 2.45) is 0 Å². The Kier molecular flexibility index (Phi) is 3.41. The highest BCUT2D eigenvalue weighted by Crippen LogP contribution is 2.58. The Balaban J connectivity index is 1.91. The fourth-order valence-electron chi connectivity index (χ4n) is 4.73. The number of nitrogens with zero attached hydrogens (tertiary/aromatic N) is 1. The van der Waals surface area contributed by atoms with E-state index >= 15 is 0 Å². The van der Waals surface area contributed by atoms with Gasteiger partial charge in [0.25, 0.3) is 0 Å². The number of carbonyl (C=O) groups excluding carboxylic acids is 1. The lowest BCUT2D eigenvalue weighted by molar-refractivity contribution is 0.0265. The zero-order chi connectivity index (χ0) is 18.6. The summed E-state index contributed by atoms with van der Waals surface area (Å²) >= 11 is 0. The summed E-state index contributed by atoms with van der Waals surface area (Å²) in [5.74, 6) is -0.245. The monoisotopic (exact) mass is 355 g/mol. The molecule has 0 N–H and O–H groups in total. The van der Waals surface area contributed by atoms with Gasteiger partial charge in [-0.2, -0.15) is 0 Å². The van der Waals surface area contributed by atoms with Crippen molar-refractivity contribution in [2.75, 3.05) is 18.0 Å². The second-order valence-electron chi connectivity index (χ2n) is 7.03. The summed E-state index contributed by atoms with van der Waals surface area (Å²) in [6, 6.07) is 22.5. The van der Waals surface area contributed by atoms with Crippen LogP contribution in [0.5, 0.6) is 0 Å². The molecule has 3 nitrogen and oxygen atoms in total. The topological polar surface area (TPSA) is 29.5 Å². The molecule has 0 amide bonds. The van der Waals surface area contributed by atoms with Crippen molar-refractivity contribution in [3.8, 4) is 11.1 Å². The zero-order valence-corrected chi connectivity index (χ0v) is 15.5. The molecule has 134 valence electrons. The van der Waals surface area contributed by atoms with Crippen molar-refractivity contribution in [1.82, 2.24) is 0 Å². The van der Waals surface area contributed by atoms with E-state index in [0.29, 0.717) is 5.56 Å². The van der Waals surface area contributed by atoms with Gasteiger partial charge in [-0.15, -0.1) is 0 Å². The summed E-state index contributed by atoms with van der Waals surface area (Å²) in [7, 11) is 0. The number of fused-ring (bicyclic) bond motifs is 7. The average molecular weight is 355 g/mol. The van der Waals surface area contributed by atoms with Crippen LogP contribution in [0.1, 0.15) is 40.9 Å². The van der Waals surface area contributed by atoms with E-state index in [0.717, 1.165) is 46.6 Å². The number of ether oxygens (including phenoxy) is 1. The molecule has 1 spiro atoms. The molecule has 5 rings (SSSR count). The lowest BCUT2D eigenvalue weighted by atomic mass is 9.82. The Morgan fingerprint density at radius 2 is 1.33 bits per heavy atom. The highest BCUT2D eigenvalue weighted by atomic mass is 16.6. The summed E-state index contributed by atoms with van der Waals surface area (Å²) in [5.41, 5.74) is 6.26. The fourth-order valence-corrected chi connectivity index (χ4v) is 4.73. The van der Waals surface area contributed by atoms with Crippen LogP contribution >= 0.6 is 0 Å². The van der Waals surface area contributed by atoms with E-state index in [9.17, 15) is 4.79 Å². The maximum Gasteiger partial charge on any atom is 0.340 e. The number of rotatable bonds is 3. The van der Waals surface area contributed by atoms with Crippen molar-refractivity contribution in [1.29, 1.82) is 0 Å². The molecule has 0 saturated carbocycles. The summed E-state index contributed by atoms with van der Waals surface area (Å²) in [5, 5.41) is 0. The van der Waals surface area contributed by atoms with E-state index < -0.39 is 5.60 Å². The van der Waals surface area contributed by atoms with Crippen molar-refractivity contribution in [3.63, 3.8) is 0 Å². The highest BCUT2D eigenvalue weighted by molar-refractivity contribution is 6.01. The number of benzene rings is 3. The molecule has 3 aromatic rings. The molecule has 0 radical (unpaired) electrons. The number of hydrogen-bond acceptors (Lipinski definition) is 3. The van der Waals surface area contributed by atoms with Crippen molar-refractivity contribution in [3.05, 3.63) is 89.0 Å². The van der Waals surface area contributed by atoms with Crippen LogP contribution < -0.4 is 4.90 Å². The Morgan fingerprint density at radius 1 is 0.778 bits per heavy atom. The third-order valence-electron chi connectivity index (χ3n) is 5.87. The molecule has 3 aromatic carbocycles. The number of carbonyl (C=O) groups is 1. The standard InChI is InChI=1S/C24H21NO2/c1-3-25(4-2)21-15-9-12-18-22(21)24(27-23(18)26)19-13-7-5-10-16(19)17-11-6-8-14-20(17)24/h5-15H,3-4H2,1-2H3. The van der Waals surface area contributed by atoms with Gasteiger partial charge in [0.1, 0.15) is 0 Å². The summed E-state index contributed by atoms with van der Waals surface area (Å²) < 4.78 is 6.25. The largest absolute Gasteiger partial charge is 0.440 e. The van der Waals surface area contributed by atoms with Crippen LogP contribution in [0.25, 0.3) is 11.1 Å². The summed E-state index contributed by atoms with van der Waals surface area (Å²) in [6.45, 7) is 6.04. The molecular weight excluding hydrogens is 334 g/mol. The maximum absolute atomic E-state index is 13.0. The van der Waals surface area contributed by atoms with E-state index in [1.165, 1.54) is 0 Å². The molecule has 1 aliphatic carbocycles. The van der Waals surface area contributed by atoms with Gasteiger partial charge in [-0.3, -0.25) is 0 Å². The van der Waals surface area contributed by atoms with Gasteiger partial charge >= 0.3 is 5.97 Å². The van der Waals surface area contributed by atoms with Gasteiger partial charge in [0.2, 0.25) is 0 Å². The average Bonchev–Trinajstić information content (AvgIpc) is 3.18. The van der Waals surface area contributed by atoms with E-state index in [-0.39, 0.29) is 5.97 Å². The van der Waals surface area contributed by atoms with Crippen LogP contribution in [0.2, 0.25) is 0 Å². The first-order valence-corrected chi connectivity index (χ1v) is 9.53. The van der Waals surface area contributed by atoms with Crippen molar-refractivity contribution in [2.45, 2.75) is 19.4 Å². The van der Waals surface area contributed by atoms with Crippen LogP contribution in [0.3, 0.4) is 0 Å². The molecule has 0 fully saturated rings. The molecular formula is C24H21NO2. The van der Waals surface area contributed by atoms with Crippen molar-refractivity contribution >= 4 is 11.7 Å². The van der Waals surface area contributed by atoms with Gasteiger partial charge in [0.05, 0.1) is 5.56 Å². The minimum atomic E-state index is -0.862. The van der Waals surface area contributed by atoms with Gasteiger partial charge < -0.3 is 9.64 Å². The zero-order valence-electron chi connectivity index (χ0n) is 15.5. The Labute approximate surface area is 159 Å². The van der Waals surface area contributed by atoms with E-state index in [1.54, 1.807) is 0 Å². The third kappa shape index (κ3) is 1.94. The predicted molar refractivity (Wildman–Crippen MR) is 107 cm³/mol. The Hall–Kier alpha value is -3.07. The second kappa shape index (κ2) is 5.71. The maximum atomic E-state index is 13.0. The molecule has 0 saturated heterocycles. The number of esters is 1. The van der Waals surface area contributed by atoms with Gasteiger partial charge in [-0.05, 0) is 37.1 Å². The van der Waals surface area contributed by atoms with Crippen LogP contribution in [-0.2, 0) is 10.3 Å². The minimum Gasteiger partial charge on any atom is -0.440 e. The molecule has 2 aliphatic rings. The predicted octanol–water partition coefficient (Wildman–Crippen LogP) is 4.98. The van der Waals surface area contributed by atoms with Crippen LogP contribution in [0.15, 0.2) is 66.7 Å². The first-order valence-electron chi connectivity index (χ1n) is 9.53. The van der Waals surface area contributed by atoms with Gasteiger partial charge in [0.15, 0.2) is 5.60 Å². The van der Waals surface area contributed by atoms with E-state index in [2.05, 4.69) is 49.1 Å². The molecule has 3 heteroatoms. The van der Waals surface area contributed by atoms with Crippen LogP contribution in [0, 0.1) is 0 Å². The van der Waals surface area contributed by atoms with E-state index in [1.807, 2.05) is 36.4 Å². The van der Waals surface area contributed by atoms with Gasteiger partial charge in [-0.25, -0.2) is 4.79 Å². The quantitative estimate of drug-likeness (QED) is 0.621. The van der Waals surface area contributed by atoms with Gasteiger partial charge in [0, 0.05) is 35.5 Å².